The normalized spacial score (nSPS) is 37.9. The molecule has 1 fully saturated rings. The predicted molar refractivity (Wildman–Crippen MR) is 54.8 cm³/mol. The van der Waals surface area contributed by atoms with Crippen LogP contribution in [0.4, 0.5) is 0 Å². The Balaban J connectivity index is 2.39. The van der Waals surface area contributed by atoms with E-state index in [1.165, 1.54) is 0 Å². The topological polar surface area (TPSA) is 37.3 Å². The Morgan fingerprint density at radius 2 is 2.36 bits per heavy atom. The van der Waals surface area contributed by atoms with Crippen molar-refractivity contribution in [3.05, 3.63) is 24.3 Å². The van der Waals surface area contributed by atoms with Crippen LogP contribution in [0, 0.1) is 5.41 Å². The maximum atomic E-state index is 11.9. The Labute approximate surface area is 84.3 Å². The molecular weight excluding hydrogens is 176 g/mol. The fourth-order valence-electron chi connectivity index (χ4n) is 2.67. The first-order valence-corrected chi connectivity index (χ1v) is 5.25. The standard InChI is InChI=1S/C12H16O2/c1-9-5-4-7-11(14)12(9)8-3-2-6-10(12)13/h2,6,11,14H,1,3-5,7-8H2/t11-,12+/m0/s1. The van der Waals surface area contributed by atoms with Gasteiger partial charge in [-0.25, -0.2) is 0 Å². The second-order valence-corrected chi connectivity index (χ2v) is 4.29. The minimum Gasteiger partial charge on any atom is -0.392 e. The van der Waals surface area contributed by atoms with Gasteiger partial charge in [-0.2, -0.15) is 0 Å². The molecular formula is C12H16O2. The smallest absolute Gasteiger partial charge is 0.168 e. The lowest BCUT2D eigenvalue weighted by molar-refractivity contribution is -0.130. The van der Waals surface area contributed by atoms with E-state index in [9.17, 15) is 9.90 Å². The first-order chi connectivity index (χ1) is 6.68. The van der Waals surface area contributed by atoms with Gasteiger partial charge in [0.05, 0.1) is 11.5 Å². The highest BCUT2D eigenvalue weighted by atomic mass is 16.3. The lowest BCUT2D eigenvalue weighted by atomic mass is 9.62. The molecule has 0 amide bonds. The number of aliphatic hydroxyl groups is 1. The molecule has 0 heterocycles. The Hall–Kier alpha value is -0.890. The third kappa shape index (κ3) is 1.17. The van der Waals surface area contributed by atoms with Crippen LogP contribution in [0.3, 0.4) is 0 Å². The fourth-order valence-corrected chi connectivity index (χ4v) is 2.67. The zero-order valence-corrected chi connectivity index (χ0v) is 8.33. The molecule has 1 saturated carbocycles. The summed E-state index contributed by atoms with van der Waals surface area (Å²) in [5, 5.41) is 10.0. The lowest BCUT2D eigenvalue weighted by Gasteiger charge is -2.42. The van der Waals surface area contributed by atoms with Gasteiger partial charge in [-0.05, 0) is 38.2 Å². The van der Waals surface area contributed by atoms with E-state index in [1.807, 2.05) is 6.08 Å². The molecule has 1 spiro atoms. The van der Waals surface area contributed by atoms with Crippen molar-refractivity contribution in [2.75, 3.05) is 0 Å². The molecule has 0 radical (unpaired) electrons. The Morgan fingerprint density at radius 1 is 1.57 bits per heavy atom. The lowest BCUT2D eigenvalue weighted by Crippen LogP contribution is -2.46. The van der Waals surface area contributed by atoms with Gasteiger partial charge in [0.1, 0.15) is 0 Å². The van der Waals surface area contributed by atoms with Crippen molar-refractivity contribution < 1.29 is 9.90 Å². The number of carbonyl (C=O) groups excluding carboxylic acids is 1. The number of hydrogen-bond donors (Lipinski definition) is 1. The summed E-state index contributed by atoms with van der Waals surface area (Å²) < 4.78 is 0. The molecule has 0 aromatic carbocycles. The Kier molecular flexibility index (Phi) is 2.31. The van der Waals surface area contributed by atoms with Gasteiger partial charge >= 0.3 is 0 Å². The van der Waals surface area contributed by atoms with Gasteiger partial charge in [-0.1, -0.05) is 18.2 Å². The van der Waals surface area contributed by atoms with E-state index in [1.54, 1.807) is 6.08 Å². The minimum absolute atomic E-state index is 0.0564. The monoisotopic (exact) mass is 192 g/mol. The summed E-state index contributed by atoms with van der Waals surface area (Å²) in [6.45, 7) is 3.98. The first kappa shape index (κ1) is 9.66. The molecule has 2 aliphatic rings. The molecule has 0 aromatic heterocycles. The second-order valence-electron chi connectivity index (χ2n) is 4.29. The van der Waals surface area contributed by atoms with Crippen molar-refractivity contribution >= 4 is 5.78 Å². The van der Waals surface area contributed by atoms with E-state index in [2.05, 4.69) is 6.58 Å². The highest BCUT2D eigenvalue weighted by Crippen LogP contribution is 2.46. The summed E-state index contributed by atoms with van der Waals surface area (Å²) in [5.74, 6) is 0.0564. The average Bonchev–Trinajstić information content (AvgIpc) is 2.17. The van der Waals surface area contributed by atoms with E-state index in [0.29, 0.717) is 0 Å². The van der Waals surface area contributed by atoms with Crippen LogP contribution in [0.5, 0.6) is 0 Å². The largest absolute Gasteiger partial charge is 0.392 e. The molecule has 0 aliphatic heterocycles. The van der Waals surface area contributed by atoms with Crippen LogP contribution in [0.1, 0.15) is 32.1 Å². The van der Waals surface area contributed by atoms with Crippen LogP contribution < -0.4 is 0 Å². The highest BCUT2D eigenvalue weighted by molar-refractivity contribution is 5.98. The van der Waals surface area contributed by atoms with Crippen molar-refractivity contribution in [1.29, 1.82) is 0 Å². The van der Waals surface area contributed by atoms with Crippen molar-refractivity contribution in [1.82, 2.24) is 0 Å². The number of rotatable bonds is 0. The van der Waals surface area contributed by atoms with Crippen LogP contribution in [-0.2, 0) is 4.79 Å². The zero-order valence-electron chi connectivity index (χ0n) is 8.33. The van der Waals surface area contributed by atoms with E-state index >= 15 is 0 Å². The minimum atomic E-state index is -0.632. The molecule has 2 nitrogen and oxygen atoms in total. The molecule has 1 N–H and O–H groups in total. The Bertz CT molecular complexity index is 303. The third-order valence-electron chi connectivity index (χ3n) is 3.57. The van der Waals surface area contributed by atoms with Gasteiger partial charge in [-0.15, -0.1) is 0 Å². The third-order valence-corrected chi connectivity index (χ3v) is 3.57. The summed E-state index contributed by atoms with van der Waals surface area (Å²) in [7, 11) is 0. The van der Waals surface area contributed by atoms with Crippen LogP contribution in [-0.4, -0.2) is 17.0 Å². The number of ketones is 1. The van der Waals surface area contributed by atoms with Gasteiger partial charge in [-0.3, -0.25) is 4.79 Å². The van der Waals surface area contributed by atoms with Gasteiger partial charge in [0.2, 0.25) is 0 Å². The van der Waals surface area contributed by atoms with Gasteiger partial charge in [0.25, 0.3) is 0 Å². The first-order valence-electron chi connectivity index (χ1n) is 5.25. The van der Waals surface area contributed by atoms with Crippen LogP contribution in [0.2, 0.25) is 0 Å². The highest BCUT2D eigenvalue weighted by Gasteiger charge is 2.47. The van der Waals surface area contributed by atoms with Crippen LogP contribution in [0.15, 0.2) is 24.3 Å². The van der Waals surface area contributed by atoms with E-state index in [0.717, 1.165) is 37.7 Å². The SMILES string of the molecule is C=C1CCC[C@H](O)[C@]12CCC=CC2=O. The number of allylic oxidation sites excluding steroid dienone is 2. The molecule has 2 aliphatic carbocycles. The number of aliphatic hydroxyl groups excluding tert-OH is 1. The molecule has 2 atom stereocenters. The van der Waals surface area contributed by atoms with Crippen molar-refractivity contribution in [3.8, 4) is 0 Å². The van der Waals surface area contributed by atoms with Gasteiger partial charge in [0, 0.05) is 0 Å². The molecule has 76 valence electrons. The fraction of sp³-hybridized carbons (Fsp3) is 0.583. The van der Waals surface area contributed by atoms with E-state index in [-0.39, 0.29) is 5.78 Å². The maximum Gasteiger partial charge on any atom is 0.168 e. The summed E-state index contributed by atoms with van der Waals surface area (Å²) in [5.41, 5.74) is 0.304. The molecule has 14 heavy (non-hydrogen) atoms. The Morgan fingerprint density at radius 3 is 3.00 bits per heavy atom. The van der Waals surface area contributed by atoms with Gasteiger partial charge in [0.15, 0.2) is 5.78 Å². The summed E-state index contributed by atoms with van der Waals surface area (Å²) in [6.07, 6.45) is 7.19. The zero-order chi connectivity index (χ0) is 10.2. The quantitative estimate of drug-likeness (QED) is 0.596. The van der Waals surface area contributed by atoms with Crippen molar-refractivity contribution in [2.24, 2.45) is 5.41 Å². The molecule has 0 saturated heterocycles. The van der Waals surface area contributed by atoms with Crippen molar-refractivity contribution in [3.63, 3.8) is 0 Å². The van der Waals surface area contributed by atoms with Crippen LogP contribution >= 0.6 is 0 Å². The molecule has 2 rings (SSSR count). The summed E-state index contributed by atoms with van der Waals surface area (Å²) in [6, 6.07) is 0. The molecule has 2 heteroatoms. The summed E-state index contributed by atoms with van der Waals surface area (Å²) in [4.78, 5) is 11.9. The molecule has 0 unspecified atom stereocenters. The van der Waals surface area contributed by atoms with Gasteiger partial charge < -0.3 is 5.11 Å². The van der Waals surface area contributed by atoms with E-state index < -0.39 is 11.5 Å². The number of carbonyl (C=O) groups is 1. The second kappa shape index (κ2) is 3.35. The molecule has 0 aromatic rings. The van der Waals surface area contributed by atoms with Crippen molar-refractivity contribution in [2.45, 2.75) is 38.2 Å². The van der Waals surface area contributed by atoms with E-state index in [4.69, 9.17) is 0 Å². The molecule has 0 bridgehead atoms. The van der Waals surface area contributed by atoms with Crippen LogP contribution in [0.25, 0.3) is 0 Å². The average molecular weight is 192 g/mol. The maximum absolute atomic E-state index is 11.9. The number of hydrogen-bond acceptors (Lipinski definition) is 2. The predicted octanol–water partition coefficient (Wildman–Crippen LogP) is 1.99. The summed E-state index contributed by atoms with van der Waals surface area (Å²) >= 11 is 0.